The zero-order valence-corrected chi connectivity index (χ0v) is 11.4. The van der Waals surface area contributed by atoms with E-state index in [2.05, 4.69) is 17.2 Å². The molecule has 0 amide bonds. The van der Waals surface area contributed by atoms with E-state index in [0.29, 0.717) is 12.1 Å². The summed E-state index contributed by atoms with van der Waals surface area (Å²) in [5, 5.41) is 3.22. The number of rotatable bonds is 5. The fraction of sp³-hybridized carbons (Fsp3) is 0.312. The third-order valence-corrected chi connectivity index (χ3v) is 3.03. The van der Waals surface area contributed by atoms with Crippen molar-refractivity contribution in [2.45, 2.75) is 26.8 Å². The minimum absolute atomic E-state index is 0.160. The molecule has 0 bridgehead atoms. The Morgan fingerprint density at radius 1 is 1.16 bits per heavy atom. The molecule has 0 saturated carbocycles. The van der Waals surface area contributed by atoms with Gasteiger partial charge in [-0.05, 0) is 43.7 Å². The maximum absolute atomic E-state index is 13.7. The number of benzene rings is 1. The number of hydrogen-bond acceptors (Lipinski definition) is 2. The van der Waals surface area contributed by atoms with Gasteiger partial charge >= 0.3 is 0 Å². The molecule has 2 rings (SSSR count). The first-order chi connectivity index (χ1) is 9.20. The van der Waals surface area contributed by atoms with Crippen molar-refractivity contribution in [1.29, 1.82) is 0 Å². The largest absolute Gasteiger partial charge is 0.313 e. The Morgan fingerprint density at radius 2 is 1.95 bits per heavy atom. The molecule has 1 aromatic heterocycles. The van der Waals surface area contributed by atoms with Gasteiger partial charge in [-0.2, -0.15) is 0 Å². The Labute approximate surface area is 113 Å². The molecule has 0 aliphatic heterocycles. The zero-order chi connectivity index (χ0) is 13.7. The van der Waals surface area contributed by atoms with Crippen LogP contribution >= 0.6 is 0 Å². The van der Waals surface area contributed by atoms with Gasteiger partial charge in [-0.3, -0.25) is 4.98 Å². The highest BCUT2D eigenvalue weighted by Gasteiger charge is 2.05. The lowest BCUT2D eigenvalue weighted by Crippen LogP contribution is -2.14. The number of nitrogens with one attached hydrogen (secondary N) is 1. The summed E-state index contributed by atoms with van der Waals surface area (Å²) >= 11 is 0. The minimum atomic E-state index is -0.160. The van der Waals surface area contributed by atoms with Gasteiger partial charge < -0.3 is 5.32 Å². The highest BCUT2D eigenvalue weighted by molar-refractivity contribution is 5.63. The van der Waals surface area contributed by atoms with E-state index in [0.717, 1.165) is 29.8 Å². The second-order valence-corrected chi connectivity index (χ2v) is 4.67. The Balaban J connectivity index is 2.22. The van der Waals surface area contributed by atoms with Crippen molar-refractivity contribution >= 4 is 0 Å². The van der Waals surface area contributed by atoms with Crippen LogP contribution < -0.4 is 5.32 Å². The van der Waals surface area contributed by atoms with Gasteiger partial charge in [0.15, 0.2) is 0 Å². The standard InChI is InChI=1S/C16H19FN2/c1-3-8-18-10-15-9-13(6-7-16(15)17)14-5-4-12(2)19-11-14/h4-7,9,11,18H,3,8,10H2,1-2H3. The molecule has 2 aromatic rings. The van der Waals surface area contributed by atoms with Crippen LogP contribution in [0, 0.1) is 12.7 Å². The monoisotopic (exact) mass is 258 g/mol. The minimum Gasteiger partial charge on any atom is -0.313 e. The Bertz CT molecular complexity index is 535. The molecule has 0 fully saturated rings. The Morgan fingerprint density at radius 3 is 2.63 bits per heavy atom. The first-order valence-corrected chi connectivity index (χ1v) is 6.63. The first-order valence-electron chi connectivity index (χ1n) is 6.63. The number of halogens is 1. The molecule has 100 valence electrons. The molecule has 19 heavy (non-hydrogen) atoms. The van der Waals surface area contributed by atoms with Crippen molar-refractivity contribution in [2.24, 2.45) is 0 Å². The predicted octanol–water partition coefficient (Wildman–Crippen LogP) is 3.70. The van der Waals surface area contributed by atoms with Gasteiger partial charge in [0.2, 0.25) is 0 Å². The zero-order valence-electron chi connectivity index (χ0n) is 11.4. The highest BCUT2D eigenvalue weighted by atomic mass is 19.1. The van der Waals surface area contributed by atoms with Gasteiger partial charge in [-0.1, -0.05) is 19.1 Å². The van der Waals surface area contributed by atoms with Crippen molar-refractivity contribution in [3.8, 4) is 11.1 Å². The summed E-state index contributed by atoms with van der Waals surface area (Å²) in [5.74, 6) is -0.160. The van der Waals surface area contributed by atoms with Crippen LogP contribution in [0.5, 0.6) is 0 Å². The van der Waals surface area contributed by atoms with Gasteiger partial charge in [0, 0.05) is 29.6 Å². The van der Waals surface area contributed by atoms with E-state index in [-0.39, 0.29) is 5.82 Å². The number of pyridine rings is 1. The molecular weight excluding hydrogens is 239 g/mol. The van der Waals surface area contributed by atoms with Gasteiger partial charge in [-0.15, -0.1) is 0 Å². The maximum atomic E-state index is 13.7. The van der Waals surface area contributed by atoms with E-state index in [4.69, 9.17) is 0 Å². The fourth-order valence-electron chi connectivity index (χ4n) is 1.93. The van der Waals surface area contributed by atoms with E-state index in [1.54, 1.807) is 6.07 Å². The van der Waals surface area contributed by atoms with Crippen LogP contribution in [0.3, 0.4) is 0 Å². The van der Waals surface area contributed by atoms with Crippen molar-refractivity contribution in [3.63, 3.8) is 0 Å². The van der Waals surface area contributed by atoms with Crippen LogP contribution in [-0.4, -0.2) is 11.5 Å². The summed E-state index contributed by atoms with van der Waals surface area (Å²) in [7, 11) is 0. The summed E-state index contributed by atoms with van der Waals surface area (Å²) in [6.07, 6.45) is 2.87. The van der Waals surface area contributed by atoms with Crippen molar-refractivity contribution < 1.29 is 4.39 Å². The lowest BCUT2D eigenvalue weighted by Gasteiger charge is -2.08. The van der Waals surface area contributed by atoms with E-state index in [1.807, 2.05) is 31.3 Å². The molecule has 1 heterocycles. The van der Waals surface area contributed by atoms with Crippen LogP contribution in [-0.2, 0) is 6.54 Å². The average molecular weight is 258 g/mol. The summed E-state index contributed by atoms with van der Waals surface area (Å²) in [6, 6.07) is 9.19. The molecule has 3 heteroatoms. The first kappa shape index (κ1) is 13.7. The Kier molecular flexibility index (Phi) is 4.63. The molecule has 1 aromatic carbocycles. The number of aryl methyl sites for hydroxylation is 1. The quantitative estimate of drug-likeness (QED) is 0.827. The van der Waals surface area contributed by atoms with E-state index in [9.17, 15) is 4.39 Å². The van der Waals surface area contributed by atoms with Crippen LogP contribution in [0.2, 0.25) is 0 Å². The second kappa shape index (κ2) is 6.43. The topological polar surface area (TPSA) is 24.9 Å². The molecule has 0 aliphatic rings. The third kappa shape index (κ3) is 3.61. The molecule has 0 unspecified atom stereocenters. The maximum Gasteiger partial charge on any atom is 0.127 e. The van der Waals surface area contributed by atoms with Crippen LogP contribution in [0.15, 0.2) is 36.5 Å². The van der Waals surface area contributed by atoms with Gasteiger partial charge in [0.25, 0.3) is 0 Å². The number of hydrogen-bond donors (Lipinski definition) is 1. The molecule has 0 aliphatic carbocycles. The summed E-state index contributed by atoms with van der Waals surface area (Å²) in [4.78, 5) is 4.27. The van der Waals surface area contributed by atoms with E-state index < -0.39 is 0 Å². The summed E-state index contributed by atoms with van der Waals surface area (Å²) in [5.41, 5.74) is 3.70. The van der Waals surface area contributed by atoms with E-state index >= 15 is 0 Å². The lowest BCUT2D eigenvalue weighted by molar-refractivity contribution is 0.587. The normalized spacial score (nSPS) is 10.7. The van der Waals surface area contributed by atoms with Crippen molar-refractivity contribution in [1.82, 2.24) is 10.3 Å². The third-order valence-electron chi connectivity index (χ3n) is 3.03. The van der Waals surface area contributed by atoms with Gasteiger partial charge in [0.1, 0.15) is 5.82 Å². The van der Waals surface area contributed by atoms with Gasteiger partial charge in [-0.25, -0.2) is 4.39 Å². The lowest BCUT2D eigenvalue weighted by atomic mass is 10.0. The van der Waals surface area contributed by atoms with Crippen molar-refractivity contribution in [3.05, 3.63) is 53.6 Å². The molecular formula is C16H19FN2. The van der Waals surface area contributed by atoms with Crippen LogP contribution in [0.25, 0.3) is 11.1 Å². The second-order valence-electron chi connectivity index (χ2n) is 4.67. The average Bonchev–Trinajstić information content (AvgIpc) is 2.42. The highest BCUT2D eigenvalue weighted by Crippen LogP contribution is 2.21. The molecule has 2 nitrogen and oxygen atoms in total. The van der Waals surface area contributed by atoms with Gasteiger partial charge in [0.05, 0.1) is 0 Å². The number of aromatic nitrogens is 1. The smallest absolute Gasteiger partial charge is 0.127 e. The Hall–Kier alpha value is -1.74. The van der Waals surface area contributed by atoms with Crippen LogP contribution in [0.4, 0.5) is 4.39 Å². The fourth-order valence-corrected chi connectivity index (χ4v) is 1.93. The molecule has 0 atom stereocenters. The SMILES string of the molecule is CCCNCc1cc(-c2ccc(C)nc2)ccc1F. The molecule has 0 radical (unpaired) electrons. The summed E-state index contributed by atoms with van der Waals surface area (Å²) < 4.78 is 13.7. The van der Waals surface area contributed by atoms with E-state index in [1.165, 1.54) is 6.07 Å². The van der Waals surface area contributed by atoms with Crippen molar-refractivity contribution in [2.75, 3.05) is 6.54 Å². The number of nitrogens with zero attached hydrogens (tertiary/aromatic N) is 1. The molecule has 1 N–H and O–H groups in total. The predicted molar refractivity (Wildman–Crippen MR) is 76.4 cm³/mol. The molecule has 0 saturated heterocycles. The summed E-state index contributed by atoms with van der Waals surface area (Å²) in [6.45, 7) is 5.51. The molecule has 0 spiro atoms. The van der Waals surface area contributed by atoms with Crippen LogP contribution in [0.1, 0.15) is 24.6 Å².